The first-order valence-corrected chi connectivity index (χ1v) is 2.67. The largest absolute Gasteiger partial charge is 0.127 e. The molecule has 0 unspecified atom stereocenters. The molecule has 40 valence electrons. The van der Waals surface area contributed by atoms with E-state index in [2.05, 4.69) is 26.0 Å². The number of benzene rings is 1. The number of aryl methyl sites for hydroxylation is 1. The zero-order chi connectivity index (χ0) is 5.98. The van der Waals surface area contributed by atoms with E-state index in [1.54, 1.807) is 0 Å². The number of hydrogen-bond donors (Lipinski definition) is 0. The van der Waals surface area contributed by atoms with Gasteiger partial charge in [0.05, 0.1) is 0 Å². The first-order chi connectivity index (χ1) is 3.79. The van der Waals surface area contributed by atoms with Crippen LogP contribution in [0.2, 0.25) is 0 Å². The lowest BCUT2D eigenvalue weighted by atomic mass is 10.2. The van der Waals surface area contributed by atoms with Crippen molar-refractivity contribution in [2.45, 2.75) is 6.92 Å². The van der Waals surface area contributed by atoms with Crippen LogP contribution in [0.3, 0.4) is 0 Å². The van der Waals surface area contributed by atoms with E-state index in [4.69, 9.17) is 0 Å². The fourth-order valence-electron chi connectivity index (χ4n) is 0.712. The highest BCUT2D eigenvalue weighted by Gasteiger charge is 1.89. The van der Waals surface area contributed by atoms with Gasteiger partial charge in [-0.3, -0.25) is 0 Å². The summed E-state index contributed by atoms with van der Waals surface area (Å²) in [5.41, 5.74) is 2.36. The van der Waals surface area contributed by atoms with Crippen LogP contribution in [-0.2, 0) is 0 Å². The zero-order valence-electron chi connectivity index (χ0n) is 5.02. The van der Waals surface area contributed by atoms with Gasteiger partial charge in [0, 0.05) is 24.6 Å². The molecule has 0 aliphatic carbocycles. The van der Waals surface area contributed by atoms with Crippen molar-refractivity contribution in [1.29, 1.82) is 0 Å². The molecule has 0 nitrogen and oxygen atoms in total. The standard InChI is InChI=1S/C8H9/c1-7-4-3-5-8(2)6-7/h3-6H,1H2,2H3/q+1. The quantitative estimate of drug-likeness (QED) is 0.443. The lowest BCUT2D eigenvalue weighted by Crippen LogP contribution is -1.71. The molecule has 1 rings (SSSR count). The second-order valence-electron chi connectivity index (χ2n) is 1.99. The smallest absolute Gasteiger partial charge is 0.0327 e. The van der Waals surface area contributed by atoms with Crippen LogP contribution in [0.5, 0.6) is 0 Å². The summed E-state index contributed by atoms with van der Waals surface area (Å²) >= 11 is 0. The van der Waals surface area contributed by atoms with Crippen molar-refractivity contribution >= 4 is 0 Å². The predicted octanol–water partition coefficient (Wildman–Crippen LogP) is 2.18. The molecule has 0 aliphatic heterocycles. The summed E-state index contributed by atoms with van der Waals surface area (Å²) in [4.78, 5) is 0. The third kappa shape index (κ3) is 1.03. The fourth-order valence-corrected chi connectivity index (χ4v) is 0.712. The maximum Gasteiger partial charge on any atom is 0.127 e. The summed E-state index contributed by atoms with van der Waals surface area (Å²) in [5.74, 6) is 0. The van der Waals surface area contributed by atoms with Crippen LogP contribution < -0.4 is 0 Å². The molecule has 0 amide bonds. The zero-order valence-corrected chi connectivity index (χ0v) is 5.02. The molecule has 8 heavy (non-hydrogen) atoms. The Bertz CT molecular complexity index is 160. The molecule has 0 heteroatoms. The molecule has 0 N–H and O–H groups in total. The van der Waals surface area contributed by atoms with Gasteiger partial charge in [0.1, 0.15) is 5.56 Å². The van der Waals surface area contributed by atoms with Gasteiger partial charge in [-0.15, -0.1) is 0 Å². The van der Waals surface area contributed by atoms with Crippen LogP contribution in [0.25, 0.3) is 0 Å². The maximum atomic E-state index is 3.78. The SMILES string of the molecule is [CH2+]c1cccc(C)c1. The minimum atomic E-state index is 1.09. The summed E-state index contributed by atoms with van der Waals surface area (Å²) in [5, 5.41) is 0. The normalized spacial score (nSPS) is 9.12. The number of hydrogen-bond acceptors (Lipinski definition) is 0. The first-order valence-electron chi connectivity index (χ1n) is 2.67. The molecule has 0 spiro atoms. The van der Waals surface area contributed by atoms with Gasteiger partial charge in [-0.2, -0.15) is 0 Å². The van der Waals surface area contributed by atoms with Crippen LogP contribution in [0.4, 0.5) is 0 Å². The van der Waals surface area contributed by atoms with Crippen molar-refractivity contribution < 1.29 is 0 Å². The van der Waals surface area contributed by atoms with Gasteiger partial charge in [0.15, 0.2) is 0 Å². The predicted molar refractivity (Wildman–Crippen MR) is 35.6 cm³/mol. The van der Waals surface area contributed by atoms with Crippen LogP contribution in [0.1, 0.15) is 11.1 Å². The van der Waals surface area contributed by atoms with Gasteiger partial charge < -0.3 is 0 Å². The Kier molecular flexibility index (Phi) is 1.25. The fraction of sp³-hybridized carbons (Fsp3) is 0.125. The molecule has 1 aromatic rings. The molecule has 0 heterocycles. The van der Waals surface area contributed by atoms with Gasteiger partial charge in [0.2, 0.25) is 0 Å². The molecule has 0 aromatic heterocycles. The summed E-state index contributed by atoms with van der Waals surface area (Å²) in [6.07, 6.45) is 0. The van der Waals surface area contributed by atoms with E-state index >= 15 is 0 Å². The average molecular weight is 105 g/mol. The third-order valence-corrected chi connectivity index (χ3v) is 1.08. The summed E-state index contributed by atoms with van der Waals surface area (Å²) in [7, 11) is 0. The molecule has 0 saturated heterocycles. The lowest BCUT2D eigenvalue weighted by molar-refractivity contribution is 1.44. The van der Waals surface area contributed by atoms with Crippen molar-refractivity contribution in [3.05, 3.63) is 42.3 Å². The van der Waals surface area contributed by atoms with E-state index in [0.717, 1.165) is 5.56 Å². The second-order valence-corrected chi connectivity index (χ2v) is 1.99. The third-order valence-electron chi connectivity index (χ3n) is 1.08. The first kappa shape index (κ1) is 5.23. The molecule has 0 radical (unpaired) electrons. The van der Waals surface area contributed by atoms with Gasteiger partial charge in [-0.25, -0.2) is 0 Å². The van der Waals surface area contributed by atoms with Crippen LogP contribution >= 0.6 is 0 Å². The Labute approximate surface area is 50.2 Å². The van der Waals surface area contributed by atoms with Gasteiger partial charge in [-0.05, 0) is 19.1 Å². The van der Waals surface area contributed by atoms with E-state index in [0.29, 0.717) is 0 Å². The monoisotopic (exact) mass is 105 g/mol. The summed E-state index contributed by atoms with van der Waals surface area (Å²) in [6.45, 7) is 5.85. The van der Waals surface area contributed by atoms with Crippen molar-refractivity contribution in [2.24, 2.45) is 0 Å². The molecule has 1 aromatic carbocycles. The van der Waals surface area contributed by atoms with Crippen LogP contribution in [0, 0.1) is 13.8 Å². The van der Waals surface area contributed by atoms with E-state index in [1.165, 1.54) is 5.56 Å². The minimum Gasteiger partial charge on any atom is -0.0327 e. The Morgan fingerprint density at radius 2 is 2.12 bits per heavy atom. The summed E-state index contributed by atoms with van der Waals surface area (Å²) in [6, 6.07) is 8.12. The van der Waals surface area contributed by atoms with E-state index in [1.807, 2.05) is 12.1 Å². The Morgan fingerprint density at radius 1 is 1.38 bits per heavy atom. The van der Waals surface area contributed by atoms with Crippen LogP contribution in [-0.4, -0.2) is 0 Å². The van der Waals surface area contributed by atoms with Gasteiger partial charge in [0.25, 0.3) is 0 Å². The van der Waals surface area contributed by atoms with Gasteiger partial charge in [-0.1, -0.05) is 0 Å². The van der Waals surface area contributed by atoms with Crippen molar-refractivity contribution in [2.75, 3.05) is 0 Å². The molecular formula is C8H9+. The molecular weight excluding hydrogens is 96.1 g/mol. The maximum absolute atomic E-state index is 3.78. The average Bonchev–Trinajstić information content (AvgIpc) is 1.64. The Balaban J connectivity index is 3.08. The topological polar surface area (TPSA) is 0 Å². The highest BCUT2D eigenvalue weighted by Crippen LogP contribution is 2.00. The summed E-state index contributed by atoms with van der Waals surface area (Å²) < 4.78 is 0. The molecule has 0 bridgehead atoms. The van der Waals surface area contributed by atoms with Crippen LogP contribution in [0.15, 0.2) is 24.3 Å². The highest BCUT2D eigenvalue weighted by molar-refractivity contribution is 5.23. The molecule has 0 aliphatic rings. The molecule has 0 fully saturated rings. The minimum absolute atomic E-state index is 1.09. The highest BCUT2D eigenvalue weighted by atomic mass is 13.9. The lowest BCUT2D eigenvalue weighted by Gasteiger charge is -1.82. The van der Waals surface area contributed by atoms with E-state index in [9.17, 15) is 0 Å². The van der Waals surface area contributed by atoms with Crippen molar-refractivity contribution in [3.63, 3.8) is 0 Å². The van der Waals surface area contributed by atoms with E-state index < -0.39 is 0 Å². The van der Waals surface area contributed by atoms with Gasteiger partial charge >= 0.3 is 0 Å². The Morgan fingerprint density at radius 3 is 2.50 bits per heavy atom. The van der Waals surface area contributed by atoms with E-state index in [-0.39, 0.29) is 0 Å². The number of rotatable bonds is 0. The Hall–Kier alpha value is -0.910. The van der Waals surface area contributed by atoms with Crippen molar-refractivity contribution in [3.8, 4) is 0 Å². The van der Waals surface area contributed by atoms with Crippen molar-refractivity contribution in [1.82, 2.24) is 0 Å². The molecule has 0 saturated carbocycles. The second kappa shape index (κ2) is 1.91. The molecule has 0 atom stereocenters.